The molecule has 0 saturated heterocycles. The van der Waals surface area contributed by atoms with Crippen molar-refractivity contribution in [3.8, 4) is 0 Å². The Balaban J connectivity index is -0.000000451. The summed E-state index contributed by atoms with van der Waals surface area (Å²) in [6.07, 6.45) is 22.3. The minimum absolute atomic E-state index is 0. The van der Waals surface area contributed by atoms with E-state index in [1.807, 2.05) is 0 Å². The van der Waals surface area contributed by atoms with Gasteiger partial charge in [0, 0.05) is 11.9 Å². The maximum Gasteiger partial charge on any atom is 2.00 e. The van der Waals surface area contributed by atoms with Crippen LogP contribution < -0.4 is 10.2 Å². The third kappa shape index (κ3) is 38.7. The van der Waals surface area contributed by atoms with Crippen molar-refractivity contribution >= 4 is 11.9 Å². The Labute approximate surface area is 191 Å². The van der Waals surface area contributed by atoms with Crippen LogP contribution in [0.1, 0.15) is 142 Å². The van der Waals surface area contributed by atoms with Crippen LogP contribution in [0.4, 0.5) is 0 Å². The molecule has 0 N–H and O–H groups in total. The molecule has 0 aromatic rings. The zero-order chi connectivity index (χ0) is 21.3. The van der Waals surface area contributed by atoms with Crippen molar-refractivity contribution in [2.45, 2.75) is 142 Å². The van der Waals surface area contributed by atoms with E-state index in [2.05, 4.69) is 13.8 Å². The van der Waals surface area contributed by atoms with Gasteiger partial charge in [-0.05, 0) is 25.7 Å². The Morgan fingerprint density at radius 3 is 0.862 bits per heavy atom. The maximum atomic E-state index is 10.1. The summed E-state index contributed by atoms with van der Waals surface area (Å²) in [5.41, 5.74) is 0. The van der Waals surface area contributed by atoms with Gasteiger partial charge in [0.1, 0.15) is 0 Å². The van der Waals surface area contributed by atoms with E-state index in [0.717, 1.165) is 25.7 Å². The van der Waals surface area contributed by atoms with Gasteiger partial charge in [0.05, 0.1) is 0 Å². The molecular weight excluding hydrogens is 404 g/mol. The Bertz CT molecular complexity index is 303. The minimum Gasteiger partial charge on any atom is -0.550 e. The van der Waals surface area contributed by atoms with Gasteiger partial charge >= 0.3 is 17.4 Å². The molecule has 0 spiro atoms. The van der Waals surface area contributed by atoms with Crippen LogP contribution >= 0.6 is 0 Å². The molecule has 0 amide bonds. The third-order valence-corrected chi connectivity index (χ3v) is 4.97. The van der Waals surface area contributed by atoms with E-state index in [1.54, 1.807) is 0 Å². The van der Waals surface area contributed by atoms with E-state index in [1.165, 1.54) is 89.9 Å². The van der Waals surface area contributed by atoms with Gasteiger partial charge in [-0.3, -0.25) is 0 Å². The Hall–Kier alpha value is -0.528. The molecule has 0 aromatic heterocycles. The summed E-state index contributed by atoms with van der Waals surface area (Å²) in [5.74, 6) is -1.82. The van der Waals surface area contributed by atoms with Crippen molar-refractivity contribution in [2.75, 3.05) is 0 Å². The molecule has 0 heterocycles. The fourth-order valence-corrected chi connectivity index (χ4v) is 3.16. The molecular formula is C24H46CrO4. The van der Waals surface area contributed by atoms with Gasteiger partial charge in [-0.25, -0.2) is 0 Å². The van der Waals surface area contributed by atoms with Crippen molar-refractivity contribution in [3.05, 3.63) is 0 Å². The molecule has 0 unspecified atom stereocenters. The smallest absolute Gasteiger partial charge is 0.550 e. The van der Waals surface area contributed by atoms with E-state index in [0.29, 0.717) is 0 Å². The van der Waals surface area contributed by atoms with E-state index in [-0.39, 0.29) is 30.2 Å². The van der Waals surface area contributed by atoms with Gasteiger partial charge in [-0.2, -0.15) is 0 Å². The van der Waals surface area contributed by atoms with Crippen molar-refractivity contribution in [1.82, 2.24) is 0 Å². The average molecular weight is 451 g/mol. The van der Waals surface area contributed by atoms with Crippen molar-refractivity contribution < 1.29 is 37.2 Å². The molecule has 0 radical (unpaired) electrons. The third-order valence-electron chi connectivity index (χ3n) is 4.97. The topological polar surface area (TPSA) is 80.3 Å². The van der Waals surface area contributed by atoms with Crippen LogP contribution in [-0.2, 0) is 27.0 Å². The molecule has 0 aromatic carbocycles. The molecule has 0 rings (SSSR count). The van der Waals surface area contributed by atoms with Crippen LogP contribution in [0.3, 0.4) is 0 Å². The first kappa shape index (κ1) is 33.1. The van der Waals surface area contributed by atoms with Gasteiger partial charge in [-0.15, -0.1) is 0 Å². The zero-order valence-electron chi connectivity index (χ0n) is 19.2. The SMILES string of the molecule is CCCCCCCCCCCC(=O)[O-].CCCCCCCCCCCC(=O)[O-].[Cr+2]. The second-order valence-corrected chi connectivity index (χ2v) is 7.90. The summed E-state index contributed by atoms with van der Waals surface area (Å²) < 4.78 is 0. The molecule has 0 saturated carbocycles. The molecule has 0 atom stereocenters. The number of aliphatic carboxylic acids is 2. The molecule has 0 aliphatic heterocycles. The molecule has 5 heteroatoms. The summed E-state index contributed by atoms with van der Waals surface area (Å²) >= 11 is 0. The van der Waals surface area contributed by atoms with E-state index in [4.69, 9.17) is 0 Å². The first-order valence-corrected chi connectivity index (χ1v) is 11.9. The molecule has 0 aliphatic carbocycles. The van der Waals surface area contributed by atoms with Gasteiger partial charge in [0.2, 0.25) is 0 Å². The molecule has 0 aliphatic rings. The van der Waals surface area contributed by atoms with Crippen LogP contribution in [0.5, 0.6) is 0 Å². The maximum absolute atomic E-state index is 10.1. The van der Waals surface area contributed by atoms with E-state index >= 15 is 0 Å². The predicted octanol–water partition coefficient (Wildman–Crippen LogP) is 5.31. The largest absolute Gasteiger partial charge is 2.00 e. The molecule has 172 valence electrons. The average Bonchev–Trinajstić information content (AvgIpc) is 2.65. The second-order valence-electron chi connectivity index (χ2n) is 7.90. The number of carbonyl (C=O) groups excluding carboxylic acids is 2. The van der Waals surface area contributed by atoms with Crippen LogP contribution in [0, 0.1) is 0 Å². The number of rotatable bonds is 20. The number of carbonyl (C=O) groups is 2. The number of carboxylic acids is 2. The first-order chi connectivity index (χ1) is 13.5. The summed E-state index contributed by atoms with van der Waals surface area (Å²) in [7, 11) is 0. The van der Waals surface area contributed by atoms with E-state index in [9.17, 15) is 19.8 Å². The second kappa shape index (κ2) is 29.7. The Morgan fingerprint density at radius 1 is 0.448 bits per heavy atom. The van der Waals surface area contributed by atoms with Crippen LogP contribution in [0.2, 0.25) is 0 Å². The zero-order valence-corrected chi connectivity index (χ0v) is 20.5. The van der Waals surface area contributed by atoms with Crippen molar-refractivity contribution in [3.63, 3.8) is 0 Å². The quantitative estimate of drug-likeness (QED) is 0.235. The summed E-state index contributed by atoms with van der Waals surface area (Å²) in [6, 6.07) is 0. The van der Waals surface area contributed by atoms with Crippen LogP contribution in [0.15, 0.2) is 0 Å². The van der Waals surface area contributed by atoms with Gasteiger partial charge in [0.15, 0.2) is 0 Å². The van der Waals surface area contributed by atoms with Crippen LogP contribution in [-0.4, -0.2) is 11.9 Å². The van der Waals surface area contributed by atoms with Gasteiger partial charge < -0.3 is 19.8 Å². The van der Waals surface area contributed by atoms with Crippen molar-refractivity contribution in [2.24, 2.45) is 0 Å². The Kier molecular flexibility index (Phi) is 33.9. The number of hydrogen-bond donors (Lipinski definition) is 0. The molecule has 4 nitrogen and oxygen atoms in total. The predicted molar refractivity (Wildman–Crippen MR) is 114 cm³/mol. The summed E-state index contributed by atoms with van der Waals surface area (Å²) in [6.45, 7) is 4.44. The molecule has 29 heavy (non-hydrogen) atoms. The normalized spacial score (nSPS) is 10.0. The molecule has 0 fully saturated rings. The number of carboxylic acid groups (broad SMARTS) is 2. The standard InChI is InChI=1S/2C12H24O2.Cr/c2*1-2-3-4-5-6-7-8-9-10-11-12(13)14;/h2*2-11H2,1H3,(H,13,14);/q;;+2/p-2. The summed E-state index contributed by atoms with van der Waals surface area (Å²) in [5, 5.41) is 20.2. The first-order valence-electron chi connectivity index (χ1n) is 11.9. The number of hydrogen-bond acceptors (Lipinski definition) is 4. The number of unbranched alkanes of at least 4 members (excludes halogenated alkanes) is 16. The Morgan fingerprint density at radius 2 is 0.655 bits per heavy atom. The van der Waals surface area contributed by atoms with Gasteiger partial charge in [-0.1, -0.05) is 117 Å². The van der Waals surface area contributed by atoms with Crippen LogP contribution in [0.25, 0.3) is 0 Å². The fraction of sp³-hybridized carbons (Fsp3) is 0.917. The van der Waals surface area contributed by atoms with Gasteiger partial charge in [0.25, 0.3) is 0 Å². The fourth-order valence-electron chi connectivity index (χ4n) is 3.16. The minimum atomic E-state index is -0.909. The van der Waals surface area contributed by atoms with E-state index < -0.39 is 11.9 Å². The molecule has 0 bridgehead atoms. The van der Waals surface area contributed by atoms with Crippen molar-refractivity contribution in [1.29, 1.82) is 0 Å². The summed E-state index contributed by atoms with van der Waals surface area (Å²) in [4.78, 5) is 20.2. The monoisotopic (exact) mass is 450 g/mol.